The zero-order valence-corrected chi connectivity index (χ0v) is 81.7. The molecule has 10 saturated heterocycles. The van der Waals surface area contributed by atoms with Crippen LogP contribution in [0.3, 0.4) is 0 Å². The van der Waals surface area contributed by atoms with Gasteiger partial charge >= 0.3 is 5.97 Å². The van der Waals surface area contributed by atoms with Gasteiger partial charge in [-0.05, 0) is 209 Å². The summed E-state index contributed by atoms with van der Waals surface area (Å²) in [6.45, 7) is 18.7. The minimum absolute atomic E-state index is 0.0736. The lowest BCUT2D eigenvalue weighted by molar-refractivity contribution is -0.246. The molecule has 15 fully saturated rings. The summed E-state index contributed by atoms with van der Waals surface area (Å²) in [5, 5.41) is 19.6. The SMILES string of the molecule is COC1(c2ccnc(C(N)=O)c2)C2CCCC1CN(CC1CC(O)OC(O)C1)C2.COC1(c2ccnc(C(N)=O)c2)C2CCCC1CN(CC1CCOC(=O)C1)C2.COC1(c2ccnc(C(N)=O)c2)C2CCCC1CN(C[C@@H]1CCCCO1)C2.COC1(c2ccnc(C(N)=O)c2)C2CCCC1CN(C[C@@H]1COCCO1)C2.COC1(c2ccnc(C(N)=O)c2)C2CCCC1CN(C[C@H]1CCCCO1)C2. The molecule has 5 aromatic heterocycles. The van der Waals surface area contributed by atoms with Crippen molar-refractivity contribution in [3.05, 3.63) is 148 Å². The molecule has 138 heavy (non-hydrogen) atoms. The minimum Gasteiger partial charge on any atom is -0.466 e. The van der Waals surface area contributed by atoms with Crippen LogP contribution < -0.4 is 28.7 Å². The molecule has 756 valence electrons. The van der Waals surface area contributed by atoms with Crippen molar-refractivity contribution >= 4 is 35.5 Å². The first-order valence-electron chi connectivity index (χ1n) is 51.1. The van der Waals surface area contributed by atoms with E-state index < -0.39 is 53.3 Å². The standard InChI is InChI=1S/C21H31N3O5.C21H29N3O4.2C21H31N3O3.C20H29N3O4/c1-28-21(14-5-6-23-17(9-14)20(22)27)15-3-2-4-16(21)12-24(11-15)10-13-7-18(25)29-19(26)8-13;1-27-21(15-5-7-23-18(10-15)20(22)26)16-3-2-4-17(21)13-24(12-16)11-14-6-8-28-19(25)9-14;2*1-26-21(15-8-9-23-19(11-15)20(22)25)16-5-4-6-17(21)13-24(12-16)14-18-7-2-3-10-27-18;1-25-20(14-5-6-22-18(9-14)19(21)24)15-3-2-4-16(20)11-23(10-15)12-17-13-26-7-8-27-17/h5-6,9,13,15-16,18-19,25-26H,2-4,7-8,10-12H2,1H3,(H2,22,27);5,7,10,14,16-17H,2-4,6,8-9,11-13H2,1H3,(H2,22,26);2*8-9,11,16-18H,2-7,10,12-14H2,1H3,(H2,22,25);5-6,9,15-17H,2-4,7-8,10-13H2,1H3,(H2,21,24)/t;;2*16?,17?,18-,21?;15?,16?,17-,20?/m..101/s1. The first-order valence-corrected chi connectivity index (χ1v) is 51.1. The van der Waals surface area contributed by atoms with Gasteiger partial charge in [-0.1, -0.05) is 32.1 Å². The van der Waals surface area contributed by atoms with Crippen molar-refractivity contribution in [2.45, 2.75) is 219 Å². The number of hydrogen-bond acceptors (Lipinski definition) is 29. The number of primary amides is 5. The number of aliphatic hydroxyl groups excluding tert-OH is 2. The second kappa shape index (κ2) is 46.5. The summed E-state index contributed by atoms with van der Waals surface area (Å²) in [5.41, 5.74) is 32.0. The Morgan fingerprint density at radius 3 is 0.855 bits per heavy atom. The van der Waals surface area contributed by atoms with Crippen molar-refractivity contribution in [1.29, 1.82) is 0 Å². The van der Waals surface area contributed by atoms with Crippen LogP contribution in [0.2, 0.25) is 0 Å². The van der Waals surface area contributed by atoms with Gasteiger partial charge in [-0.15, -0.1) is 0 Å². The summed E-state index contributed by atoms with van der Waals surface area (Å²) in [6.07, 6.45) is 34.4. The molecule has 13 unspecified atom stereocenters. The highest BCUT2D eigenvalue weighted by atomic mass is 16.7. The number of methoxy groups -OCH3 is 5. The van der Waals surface area contributed by atoms with Crippen LogP contribution in [0.5, 0.6) is 0 Å². The summed E-state index contributed by atoms with van der Waals surface area (Å²) in [6, 6.07) is 19.0. The van der Waals surface area contributed by atoms with Crippen LogP contribution >= 0.6 is 0 Å². The third-order valence-corrected chi connectivity index (χ3v) is 33.9. The van der Waals surface area contributed by atoms with Crippen LogP contribution in [0.4, 0.5) is 0 Å². The molecular weight excluding hydrogens is 1760 g/mol. The maximum Gasteiger partial charge on any atom is 0.306 e. The Labute approximate surface area is 812 Å². The van der Waals surface area contributed by atoms with E-state index in [0.29, 0.717) is 128 Å². The Hall–Kier alpha value is -8.11. The normalized spacial score (nSPS) is 34.9. The van der Waals surface area contributed by atoms with E-state index in [1.807, 2.05) is 68.8 Å². The van der Waals surface area contributed by atoms with Crippen LogP contribution in [0.25, 0.3) is 0 Å². The minimum atomic E-state index is -0.893. The lowest BCUT2D eigenvalue weighted by Gasteiger charge is -2.56. The average molecular weight is 1920 g/mol. The monoisotopic (exact) mass is 1910 g/mol. The first kappa shape index (κ1) is 103. The van der Waals surface area contributed by atoms with Crippen molar-refractivity contribution in [2.24, 2.45) is 99.7 Å². The largest absolute Gasteiger partial charge is 0.466 e. The number of nitrogens with two attached hydrogens (primary N) is 5. The van der Waals surface area contributed by atoms with Crippen molar-refractivity contribution in [1.82, 2.24) is 49.4 Å². The van der Waals surface area contributed by atoms with Gasteiger partial charge in [0, 0.05) is 256 Å². The van der Waals surface area contributed by atoms with E-state index in [-0.39, 0.29) is 58.0 Å². The van der Waals surface area contributed by atoms with Crippen molar-refractivity contribution in [3.8, 4) is 0 Å². The summed E-state index contributed by atoms with van der Waals surface area (Å²) < 4.78 is 64.7. The van der Waals surface area contributed by atoms with Gasteiger partial charge in [-0.25, -0.2) is 0 Å². The number of rotatable bonds is 25. The fraction of sp³-hybridized carbons (Fsp3) is 0.702. The molecule has 15 aliphatic rings. The lowest BCUT2D eigenvalue weighted by Crippen LogP contribution is -2.60. The number of amides is 5. The maximum atomic E-state index is 11.7. The Kier molecular flexibility index (Phi) is 34.6. The van der Waals surface area contributed by atoms with Crippen LogP contribution in [-0.4, -0.2) is 299 Å². The summed E-state index contributed by atoms with van der Waals surface area (Å²) in [4.78, 5) is 103. The highest BCUT2D eigenvalue weighted by Crippen LogP contribution is 2.58. The van der Waals surface area contributed by atoms with Crippen LogP contribution in [0.15, 0.2) is 91.6 Å². The summed E-state index contributed by atoms with van der Waals surface area (Å²) >= 11 is 0. The third-order valence-electron chi connectivity index (χ3n) is 33.9. The molecule has 10 aliphatic heterocycles. The van der Waals surface area contributed by atoms with Crippen molar-refractivity contribution in [2.75, 3.05) is 173 Å². The molecule has 0 radical (unpaired) electrons. The summed E-state index contributed by atoms with van der Waals surface area (Å²) in [7, 11) is 8.97. The van der Waals surface area contributed by atoms with Gasteiger partial charge in [0.05, 0.1) is 44.7 Å². The van der Waals surface area contributed by atoms with E-state index in [2.05, 4.69) is 49.4 Å². The fourth-order valence-corrected chi connectivity index (χ4v) is 28.2. The predicted molar refractivity (Wildman–Crippen MR) is 511 cm³/mol. The van der Waals surface area contributed by atoms with E-state index >= 15 is 0 Å². The molecule has 15 heterocycles. The molecule has 5 saturated carbocycles. The second-order valence-electron chi connectivity index (χ2n) is 41.7. The third kappa shape index (κ3) is 22.4. The molecule has 34 heteroatoms. The number of fused-ring (bicyclic) bond motifs is 10. The molecule has 0 spiro atoms. The van der Waals surface area contributed by atoms with Crippen LogP contribution in [-0.2, 0) is 84.9 Å². The quantitative estimate of drug-likeness (QED) is 0.0270. The molecule has 5 aromatic rings. The number of esters is 1. The van der Waals surface area contributed by atoms with Crippen LogP contribution in [0.1, 0.15) is 241 Å². The number of piperidine rings is 5. The molecule has 5 amide bonds. The van der Waals surface area contributed by atoms with Gasteiger partial charge in [0.15, 0.2) is 12.6 Å². The Morgan fingerprint density at radius 1 is 0.341 bits per heavy atom. The lowest BCUT2D eigenvalue weighted by atomic mass is 9.62. The number of aromatic nitrogens is 5. The van der Waals surface area contributed by atoms with E-state index in [1.54, 1.807) is 58.4 Å². The first-order chi connectivity index (χ1) is 66.8. The number of aliphatic hydroxyl groups is 2. The zero-order chi connectivity index (χ0) is 96.9. The molecule has 10 bridgehead atoms. The highest BCUT2D eigenvalue weighted by molar-refractivity contribution is 5.93. The smallest absolute Gasteiger partial charge is 0.306 e. The number of carbonyl (C=O) groups is 6. The van der Waals surface area contributed by atoms with Gasteiger partial charge in [0.25, 0.3) is 29.5 Å². The van der Waals surface area contributed by atoms with E-state index in [1.165, 1.54) is 64.2 Å². The molecule has 16 atom stereocenters. The predicted octanol–water partition coefficient (Wildman–Crippen LogP) is 8.34. The molecule has 34 nitrogen and oxygen atoms in total. The van der Waals surface area contributed by atoms with Gasteiger partial charge < -0.3 is 101 Å². The number of nitrogens with zero attached hydrogens (tertiary/aromatic N) is 10. The van der Waals surface area contributed by atoms with Gasteiger partial charge in [0.1, 0.15) is 56.5 Å². The number of pyridine rings is 5. The van der Waals surface area contributed by atoms with Crippen molar-refractivity contribution < 1.29 is 91.1 Å². The second-order valence-corrected chi connectivity index (χ2v) is 41.7. The number of ether oxygens (including phenoxy) is 11. The molecule has 0 aromatic carbocycles. The van der Waals surface area contributed by atoms with E-state index in [4.69, 9.17) is 80.8 Å². The number of likely N-dealkylation sites (tertiary alicyclic amines) is 5. The molecule has 20 rings (SSSR count). The molecule has 12 N–H and O–H groups in total. The zero-order valence-electron chi connectivity index (χ0n) is 81.7. The topological polar surface area (TPSA) is 455 Å². The fourth-order valence-electron chi connectivity index (χ4n) is 28.2. The van der Waals surface area contributed by atoms with Gasteiger partial charge in [0.2, 0.25) is 0 Å². The maximum absolute atomic E-state index is 11.7. The Balaban J connectivity index is 0.000000125. The van der Waals surface area contributed by atoms with E-state index in [9.17, 15) is 39.0 Å². The van der Waals surface area contributed by atoms with Gasteiger partial charge in [-0.3, -0.25) is 68.4 Å². The average Bonchev–Trinajstić information content (AvgIpc) is 0.754. The number of carbonyl (C=O) groups excluding carboxylic acids is 6. The Morgan fingerprint density at radius 2 is 0.609 bits per heavy atom. The Bertz CT molecular complexity index is 4550. The molecule has 5 aliphatic carbocycles. The van der Waals surface area contributed by atoms with Crippen molar-refractivity contribution in [3.63, 3.8) is 0 Å². The highest BCUT2D eigenvalue weighted by Gasteiger charge is 2.60. The molecular formula is C104H151N15O19. The summed E-state index contributed by atoms with van der Waals surface area (Å²) in [5.74, 6) is 1.58. The van der Waals surface area contributed by atoms with Crippen LogP contribution in [0, 0.1) is 71.0 Å². The van der Waals surface area contributed by atoms with E-state index in [0.717, 1.165) is 216 Å². The number of cyclic esters (lactones) is 1. The van der Waals surface area contributed by atoms with Gasteiger partial charge in [-0.2, -0.15) is 0 Å². The number of hydrogen-bond donors (Lipinski definition) is 7.